The van der Waals surface area contributed by atoms with Crippen LogP contribution in [0.3, 0.4) is 0 Å². The molecule has 1 aliphatic heterocycles. The van der Waals surface area contributed by atoms with E-state index in [1.807, 2.05) is 43.3 Å². The number of cyclic esters (lactones) is 1. The molecule has 0 spiro atoms. The molecule has 1 N–H and O–H groups in total. The Morgan fingerprint density at radius 1 is 1.00 bits per heavy atom. The Kier molecular flexibility index (Phi) is 11.1. The van der Waals surface area contributed by atoms with Gasteiger partial charge in [-0.05, 0) is 49.7 Å². The topological polar surface area (TPSA) is 113 Å². The van der Waals surface area contributed by atoms with Gasteiger partial charge in [0.1, 0.15) is 6.10 Å². The van der Waals surface area contributed by atoms with Gasteiger partial charge in [-0.2, -0.15) is 0 Å². The number of amides is 1. The molecule has 1 aliphatic rings. The molecule has 3 aromatic rings. The fourth-order valence-corrected chi connectivity index (χ4v) is 5.32. The van der Waals surface area contributed by atoms with Crippen molar-refractivity contribution in [2.75, 3.05) is 20.3 Å². The molecule has 1 saturated heterocycles. The third-order valence-electron chi connectivity index (χ3n) is 7.46. The Hall–Kier alpha value is -4.24. The SMILES string of the molecule is COc1ccnc(C(=O)N[C@H]2COC[C@H](CCCc3ccccc3)[C@@H](Cc3ccccc3)[C@H](C)OC2=O)c1OC(C)=O. The van der Waals surface area contributed by atoms with Crippen LogP contribution in [0.15, 0.2) is 72.9 Å². The van der Waals surface area contributed by atoms with E-state index in [4.69, 9.17) is 18.9 Å². The Morgan fingerprint density at radius 3 is 2.36 bits per heavy atom. The van der Waals surface area contributed by atoms with Crippen LogP contribution in [0.1, 0.15) is 48.3 Å². The molecule has 0 unspecified atom stereocenters. The summed E-state index contributed by atoms with van der Waals surface area (Å²) in [5.74, 6) is -1.79. The van der Waals surface area contributed by atoms with Crippen molar-refractivity contribution in [3.05, 3.63) is 89.7 Å². The summed E-state index contributed by atoms with van der Waals surface area (Å²) in [6.45, 7) is 3.45. The van der Waals surface area contributed by atoms with Crippen molar-refractivity contribution in [1.82, 2.24) is 10.3 Å². The van der Waals surface area contributed by atoms with Crippen molar-refractivity contribution in [2.24, 2.45) is 11.8 Å². The van der Waals surface area contributed by atoms with E-state index < -0.39 is 30.0 Å². The quantitative estimate of drug-likeness (QED) is 0.351. The standard InChI is InChI=1S/C33H38N2O7/c1-22-27(19-25-13-8-5-9-14-25)26(16-10-15-24-11-6-4-7-12-24)20-40-21-28(33(38)41-22)35-32(37)30-31(42-23(2)36)29(39-3)17-18-34-30/h4-9,11-14,17-18,22,26-28H,10,15-16,19-21H2,1-3H3,(H,35,37)/t22-,26-,27-,28-/m0/s1. The first kappa shape index (κ1) is 30.7. The van der Waals surface area contributed by atoms with Gasteiger partial charge in [0, 0.05) is 31.7 Å². The molecule has 9 heteroatoms. The Morgan fingerprint density at radius 2 is 1.69 bits per heavy atom. The number of esters is 2. The molecule has 4 atom stereocenters. The van der Waals surface area contributed by atoms with E-state index >= 15 is 0 Å². The fraction of sp³-hybridized carbons (Fsp3) is 0.394. The lowest BCUT2D eigenvalue weighted by Gasteiger charge is -2.31. The van der Waals surface area contributed by atoms with Crippen LogP contribution < -0.4 is 14.8 Å². The summed E-state index contributed by atoms with van der Waals surface area (Å²) < 4.78 is 22.5. The van der Waals surface area contributed by atoms with Gasteiger partial charge in [0.25, 0.3) is 5.91 Å². The number of nitrogens with one attached hydrogen (secondary N) is 1. The first-order valence-electron chi connectivity index (χ1n) is 14.2. The predicted octanol–water partition coefficient (Wildman–Crippen LogP) is 4.57. The highest BCUT2D eigenvalue weighted by Gasteiger charge is 2.35. The third kappa shape index (κ3) is 8.39. The molecule has 4 rings (SSSR count). The van der Waals surface area contributed by atoms with Crippen molar-refractivity contribution in [2.45, 2.75) is 51.7 Å². The van der Waals surface area contributed by atoms with Gasteiger partial charge in [0.05, 0.1) is 13.7 Å². The molecule has 1 amide bonds. The second-order valence-electron chi connectivity index (χ2n) is 10.5. The summed E-state index contributed by atoms with van der Waals surface area (Å²) in [6, 6.07) is 20.9. The summed E-state index contributed by atoms with van der Waals surface area (Å²) in [5.41, 5.74) is 2.25. The average Bonchev–Trinajstić information content (AvgIpc) is 3.03. The van der Waals surface area contributed by atoms with Crippen LogP contribution in [0.2, 0.25) is 0 Å². The molecule has 222 valence electrons. The van der Waals surface area contributed by atoms with E-state index in [0.29, 0.717) is 6.61 Å². The van der Waals surface area contributed by atoms with Crippen molar-refractivity contribution >= 4 is 17.8 Å². The van der Waals surface area contributed by atoms with Gasteiger partial charge in [0.2, 0.25) is 5.75 Å². The van der Waals surface area contributed by atoms with Crippen molar-refractivity contribution in [1.29, 1.82) is 0 Å². The van der Waals surface area contributed by atoms with Gasteiger partial charge < -0.3 is 24.3 Å². The number of methoxy groups -OCH3 is 1. The van der Waals surface area contributed by atoms with Crippen LogP contribution in [0.5, 0.6) is 11.5 Å². The molecule has 0 aliphatic carbocycles. The first-order chi connectivity index (χ1) is 20.4. The van der Waals surface area contributed by atoms with Crippen molar-refractivity contribution in [3.63, 3.8) is 0 Å². The van der Waals surface area contributed by atoms with E-state index in [1.165, 1.54) is 31.9 Å². The van der Waals surface area contributed by atoms with Crippen LogP contribution in [-0.2, 0) is 31.9 Å². The van der Waals surface area contributed by atoms with E-state index in [0.717, 1.165) is 31.2 Å². The summed E-state index contributed by atoms with van der Waals surface area (Å²) in [4.78, 5) is 42.3. The molecule has 9 nitrogen and oxygen atoms in total. The van der Waals surface area contributed by atoms with Gasteiger partial charge in [-0.15, -0.1) is 0 Å². The Balaban J connectivity index is 1.51. The van der Waals surface area contributed by atoms with E-state index in [-0.39, 0.29) is 35.6 Å². The molecule has 0 saturated carbocycles. The normalized spacial score (nSPS) is 20.8. The number of carbonyl (C=O) groups excluding carboxylic acids is 3. The van der Waals surface area contributed by atoms with E-state index in [9.17, 15) is 14.4 Å². The number of nitrogens with zero attached hydrogens (tertiary/aromatic N) is 1. The van der Waals surface area contributed by atoms with Crippen molar-refractivity contribution < 1.29 is 33.3 Å². The van der Waals surface area contributed by atoms with Gasteiger partial charge in [-0.3, -0.25) is 9.59 Å². The number of benzene rings is 2. The maximum absolute atomic E-state index is 13.3. The molecule has 0 bridgehead atoms. The van der Waals surface area contributed by atoms with Crippen LogP contribution in [0.4, 0.5) is 0 Å². The summed E-state index contributed by atoms with van der Waals surface area (Å²) in [6.07, 6.45) is 4.46. The first-order valence-corrected chi connectivity index (χ1v) is 14.2. The summed E-state index contributed by atoms with van der Waals surface area (Å²) >= 11 is 0. The van der Waals surface area contributed by atoms with Gasteiger partial charge in [-0.1, -0.05) is 60.7 Å². The number of carbonyl (C=O) groups is 3. The second kappa shape index (κ2) is 15.1. The lowest BCUT2D eigenvalue weighted by Crippen LogP contribution is -2.46. The Labute approximate surface area is 246 Å². The second-order valence-corrected chi connectivity index (χ2v) is 10.5. The lowest BCUT2D eigenvalue weighted by atomic mass is 9.80. The van der Waals surface area contributed by atoms with Gasteiger partial charge in [0.15, 0.2) is 17.5 Å². The van der Waals surface area contributed by atoms with Crippen molar-refractivity contribution in [3.8, 4) is 11.5 Å². The molecule has 2 aromatic carbocycles. The predicted molar refractivity (Wildman–Crippen MR) is 156 cm³/mol. The third-order valence-corrected chi connectivity index (χ3v) is 7.46. The minimum atomic E-state index is -1.08. The smallest absolute Gasteiger partial charge is 0.331 e. The van der Waals surface area contributed by atoms with Crippen LogP contribution in [0, 0.1) is 11.8 Å². The molecular formula is C33H38N2O7. The zero-order chi connectivity index (χ0) is 29.9. The number of rotatable bonds is 10. The molecular weight excluding hydrogens is 536 g/mol. The maximum Gasteiger partial charge on any atom is 0.331 e. The van der Waals surface area contributed by atoms with Crippen LogP contribution in [-0.4, -0.2) is 55.3 Å². The minimum Gasteiger partial charge on any atom is -0.493 e. The minimum absolute atomic E-state index is 0.0113. The van der Waals surface area contributed by atoms with Gasteiger partial charge in [-0.25, -0.2) is 9.78 Å². The highest BCUT2D eigenvalue weighted by Crippen LogP contribution is 2.31. The Bertz CT molecular complexity index is 1330. The number of pyridine rings is 1. The summed E-state index contributed by atoms with van der Waals surface area (Å²) in [5, 5.41) is 2.66. The van der Waals surface area contributed by atoms with Crippen LogP contribution >= 0.6 is 0 Å². The monoisotopic (exact) mass is 574 g/mol. The zero-order valence-corrected chi connectivity index (χ0v) is 24.3. The molecule has 0 radical (unpaired) electrons. The average molecular weight is 575 g/mol. The highest BCUT2D eigenvalue weighted by atomic mass is 16.6. The highest BCUT2D eigenvalue weighted by molar-refractivity contribution is 5.98. The number of hydrogen-bond donors (Lipinski definition) is 1. The van der Waals surface area contributed by atoms with E-state index in [1.54, 1.807) is 0 Å². The number of aryl methyl sites for hydroxylation is 1. The molecule has 1 aromatic heterocycles. The van der Waals surface area contributed by atoms with Gasteiger partial charge >= 0.3 is 11.9 Å². The molecule has 2 heterocycles. The van der Waals surface area contributed by atoms with Crippen LogP contribution in [0.25, 0.3) is 0 Å². The number of hydrogen-bond acceptors (Lipinski definition) is 8. The summed E-state index contributed by atoms with van der Waals surface area (Å²) in [7, 11) is 1.39. The van der Waals surface area contributed by atoms with E-state index in [2.05, 4.69) is 34.6 Å². The molecule has 1 fully saturated rings. The number of aromatic nitrogens is 1. The fourth-order valence-electron chi connectivity index (χ4n) is 5.32. The largest absolute Gasteiger partial charge is 0.493 e. The molecule has 42 heavy (non-hydrogen) atoms. The number of ether oxygens (including phenoxy) is 4. The zero-order valence-electron chi connectivity index (χ0n) is 24.3. The lowest BCUT2D eigenvalue weighted by molar-refractivity contribution is -0.154. The maximum atomic E-state index is 13.3.